The number of unbranched alkanes of at least 4 members (excludes halogenated alkanes) is 1. The van der Waals surface area contributed by atoms with Gasteiger partial charge in [0.15, 0.2) is 0 Å². The van der Waals surface area contributed by atoms with E-state index in [1.54, 1.807) is 0 Å². The number of nitrogens with one attached hydrogen (secondary N) is 2. The van der Waals surface area contributed by atoms with Gasteiger partial charge in [0.1, 0.15) is 18.1 Å². The van der Waals surface area contributed by atoms with E-state index in [-0.39, 0.29) is 12.3 Å². The van der Waals surface area contributed by atoms with Crippen molar-refractivity contribution in [2.75, 3.05) is 13.1 Å². The molecule has 9 N–H and O–H groups in total. The minimum absolute atomic E-state index is 0.200. The lowest BCUT2D eigenvalue weighted by atomic mass is 10.0. The highest BCUT2D eigenvalue weighted by Crippen LogP contribution is 2.20. The predicted octanol–water partition coefficient (Wildman–Crippen LogP) is -1.39. The van der Waals surface area contributed by atoms with E-state index in [0.717, 1.165) is 5.56 Å². The Kier molecular flexibility index (Phi) is 11.3. The minimum Gasteiger partial charge on any atom is -0.480 e. The van der Waals surface area contributed by atoms with Crippen LogP contribution in [-0.4, -0.2) is 76.9 Å². The number of rotatable bonds is 14. The maximum Gasteiger partial charge on any atom is 0.326 e. The number of nitrogens with zero attached hydrogens (tertiary/aromatic N) is 1. The average Bonchev–Trinajstić information content (AvgIpc) is 3.33. The lowest BCUT2D eigenvalue weighted by Gasteiger charge is -2.28. The second-order valence-electron chi connectivity index (χ2n) is 8.90. The summed E-state index contributed by atoms with van der Waals surface area (Å²) in [4.78, 5) is 63.0. The molecule has 0 bridgehead atoms. The van der Waals surface area contributed by atoms with Crippen molar-refractivity contribution in [3.63, 3.8) is 0 Å². The van der Waals surface area contributed by atoms with Crippen LogP contribution < -0.4 is 27.8 Å². The largest absolute Gasteiger partial charge is 0.480 e. The summed E-state index contributed by atoms with van der Waals surface area (Å²) in [6, 6.07) is 5.09. The van der Waals surface area contributed by atoms with Crippen LogP contribution >= 0.6 is 0 Å². The molecule has 1 heterocycles. The van der Waals surface area contributed by atoms with Crippen LogP contribution in [0.5, 0.6) is 0 Å². The van der Waals surface area contributed by atoms with Gasteiger partial charge in [-0.3, -0.25) is 19.2 Å². The summed E-state index contributed by atoms with van der Waals surface area (Å²) in [6.07, 6.45) is 2.03. The predicted molar refractivity (Wildman–Crippen MR) is 131 cm³/mol. The molecule has 1 aliphatic heterocycles. The fourth-order valence-electron chi connectivity index (χ4n) is 4.17. The normalized spacial score (nSPS) is 17.6. The number of likely N-dealkylation sites (tertiary alicyclic amines) is 1. The summed E-state index contributed by atoms with van der Waals surface area (Å²) in [5.41, 5.74) is 17.7. The topological polar surface area (TPSA) is 211 Å². The highest BCUT2D eigenvalue weighted by Gasteiger charge is 2.38. The Morgan fingerprint density at radius 3 is 2.36 bits per heavy atom. The van der Waals surface area contributed by atoms with Crippen LogP contribution in [-0.2, 0) is 30.4 Å². The highest BCUT2D eigenvalue weighted by molar-refractivity contribution is 5.95. The van der Waals surface area contributed by atoms with Gasteiger partial charge in [-0.2, -0.15) is 0 Å². The number of carboxylic acid groups (broad SMARTS) is 1. The smallest absolute Gasteiger partial charge is 0.326 e. The van der Waals surface area contributed by atoms with Crippen molar-refractivity contribution >= 4 is 29.6 Å². The van der Waals surface area contributed by atoms with Crippen molar-refractivity contribution in [3.8, 4) is 0 Å². The SMILES string of the molecule is NCCCCC(NC(=O)C1CCCN1C(=O)C(N)Cc1ccccc1)C(=O)NC(CC(N)=O)C(=O)O. The summed E-state index contributed by atoms with van der Waals surface area (Å²) in [5.74, 6) is -3.95. The molecule has 1 aromatic rings. The third kappa shape index (κ3) is 8.61. The number of primary amides is 1. The number of amides is 4. The van der Waals surface area contributed by atoms with Gasteiger partial charge < -0.3 is 37.8 Å². The van der Waals surface area contributed by atoms with Gasteiger partial charge in [0.05, 0.1) is 12.5 Å². The van der Waals surface area contributed by atoms with E-state index in [1.165, 1.54) is 4.90 Å². The molecule has 4 amide bonds. The van der Waals surface area contributed by atoms with Crippen molar-refractivity contribution in [1.82, 2.24) is 15.5 Å². The first-order valence-electron chi connectivity index (χ1n) is 12.1. The number of hydrogen-bond acceptors (Lipinski definition) is 7. The van der Waals surface area contributed by atoms with E-state index in [0.29, 0.717) is 45.2 Å². The zero-order valence-corrected chi connectivity index (χ0v) is 20.2. The molecular formula is C24H36N6O6. The molecule has 12 heteroatoms. The molecule has 0 radical (unpaired) electrons. The maximum absolute atomic E-state index is 13.1. The molecule has 4 unspecified atom stereocenters. The van der Waals surface area contributed by atoms with Gasteiger partial charge in [-0.25, -0.2) is 4.79 Å². The van der Waals surface area contributed by atoms with Gasteiger partial charge in [-0.15, -0.1) is 0 Å². The number of aliphatic carboxylic acids is 1. The molecule has 1 fully saturated rings. The maximum atomic E-state index is 13.1. The van der Waals surface area contributed by atoms with Crippen molar-refractivity contribution in [2.45, 2.75) is 69.1 Å². The fourth-order valence-corrected chi connectivity index (χ4v) is 4.17. The summed E-state index contributed by atoms with van der Waals surface area (Å²) in [7, 11) is 0. The number of nitrogens with two attached hydrogens (primary N) is 3. The van der Waals surface area contributed by atoms with E-state index < -0.39 is 54.3 Å². The Labute approximate surface area is 209 Å². The Morgan fingerprint density at radius 2 is 1.75 bits per heavy atom. The molecule has 0 saturated carbocycles. The molecular weight excluding hydrogens is 468 g/mol. The standard InChI is InChI=1S/C24H36N6O6/c25-11-5-4-9-17(21(32)29-18(24(35)36)14-20(27)31)28-22(33)19-10-6-12-30(19)23(34)16(26)13-15-7-2-1-3-8-15/h1-3,7-8,16-19H,4-6,9-14,25-26H2,(H2,27,31)(H,28,33)(H,29,32)(H,35,36). The molecule has 1 saturated heterocycles. The first-order valence-corrected chi connectivity index (χ1v) is 12.1. The van der Waals surface area contributed by atoms with E-state index in [9.17, 15) is 29.1 Å². The highest BCUT2D eigenvalue weighted by atomic mass is 16.4. The van der Waals surface area contributed by atoms with Crippen LogP contribution in [0.15, 0.2) is 30.3 Å². The number of benzene rings is 1. The summed E-state index contributed by atoms with van der Waals surface area (Å²) in [5, 5.41) is 14.2. The zero-order chi connectivity index (χ0) is 26.7. The molecule has 2 rings (SSSR count). The van der Waals surface area contributed by atoms with Gasteiger partial charge >= 0.3 is 5.97 Å². The van der Waals surface area contributed by atoms with E-state index >= 15 is 0 Å². The van der Waals surface area contributed by atoms with Crippen LogP contribution in [0.25, 0.3) is 0 Å². The first kappa shape index (κ1) is 28.7. The second kappa shape index (κ2) is 14.1. The lowest BCUT2D eigenvalue weighted by Crippen LogP contribution is -2.57. The van der Waals surface area contributed by atoms with Crippen LogP contribution in [0.4, 0.5) is 0 Å². The van der Waals surface area contributed by atoms with E-state index in [1.807, 2.05) is 30.3 Å². The van der Waals surface area contributed by atoms with Crippen molar-refractivity contribution < 1.29 is 29.1 Å². The van der Waals surface area contributed by atoms with Crippen molar-refractivity contribution in [2.24, 2.45) is 17.2 Å². The summed E-state index contributed by atoms with van der Waals surface area (Å²) >= 11 is 0. The molecule has 0 spiro atoms. The Balaban J connectivity index is 2.08. The van der Waals surface area contributed by atoms with Crippen LogP contribution in [0.2, 0.25) is 0 Å². The Hall–Kier alpha value is -3.51. The van der Waals surface area contributed by atoms with Gasteiger partial charge in [-0.1, -0.05) is 30.3 Å². The monoisotopic (exact) mass is 504 g/mol. The number of carbonyl (C=O) groups excluding carboxylic acids is 4. The van der Waals surface area contributed by atoms with Gasteiger partial charge in [-0.05, 0) is 50.6 Å². The molecule has 0 aliphatic carbocycles. The van der Waals surface area contributed by atoms with Gasteiger partial charge in [0, 0.05) is 6.54 Å². The second-order valence-corrected chi connectivity index (χ2v) is 8.90. The Bertz CT molecular complexity index is 927. The first-order chi connectivity index (χ1) is 17.1. The minimum atomic E-state index is -1.52. The van der Waals surface area contributed by atoms with Crippen LogP contribution in [0.1, 0.15) is 44.1 Å². The molecule has 36 heavy (non-hydrogen) atoms. The number of hydrogen-bond donors (Lipinski definition) is 6. The molecule has 1 aliphatic rings. The molecule has 12 nitrogen and oxygen atoms in total. The van der Waals surface area contributed by atoms with Crippen molar-refractivity contribution in [3.05, 3.63) is 35.9 Å². The zero-order valence-electron chi connectivity index (χ0n) is 20.2. The Morgan fingerprint density at radius 1 is 1.06 bits per heavy atom. The molecule has 1 aromatic carbocycles. The number of carboxylic acids is 1. The molecule has 198 valence electrons. The molecule has 4 atom stereocenters. The lowest BCUT2D eigenvalue weighted by molar-refractivity contribution is -0.144. The molecule has 0 aromatic heterocycles. The van der Waals surface area contributed by atoms with E-state index in [2.05, 4.69) is 10.6 Å². The summed E-state index contributed by atoms with van der Waals surface area (Å²) in [6.45, 7) is 0.745. The van der Waals surface area contributed by atoms with Gasteiger partial charge in [0.2, 0.25) is 23.6 Å². The number of carbonyl (C=O) groups is 5. The van der Waals surface area contributed by atoms with Crippen molar-refractivity contribution in [1.29, 1.82) is 0 Å². The third-order valence-electron chi connectivity index (χ3n) is 6.05. The quantitative estimate of drug-likeness (QED) is 0.166. The third-order valence-corrected chi connectivity index (χ3v) is 6.05. The fraction of sp³-hybridized carbons (Fsp3) is 0.542. The average molecular weight is 505 g/mol. The summed E-state index contributed by atoms with van der Waals surface area (Å²) < 4.78 is 0. The van der Waals surface area contributed by atoms with Crippen LogP contribution in [0, 0.1) is 0 Å². The van der Waals surface area contributed by atoms with Gasteiger partial charge in [0.25, 0.3) is 0 Å². The van der Waals surface area contributed by atoms with Crippen LogP contribution in [0.3, 0.4) is 0 Å². The van der Waals surface area contributed by atoms with E-state index in [4.69, 9.17) is 17.2 Å².